The van der Waals surface area contributed by atoms with Crippen LogP contribution in [0.15, 0.2) is 54.6 Å². The Morgan fingerprint density at radius 3 is 2.33 bits per heavy atom. The van der Waals surface area contributed by atoms with Crippen LogP contribution in [-0.2, 0) is 5.54 Å². The molecule has 1 saturated carbocycles. The molecule has 0 saturated heterocycles. The summed E-state index contributed by atoms with van der Waals surface area (Å²) in [5, 5.41) is 7.56. The Morgan fingerprint density at radius 1 is 1.04 bits per heavy atom. The predicted molar refractivity (Wildman–Crippen MR) is 104 cm³/mol. The van der Waals surface area contributed by atoms with E-state index in [9.17, 15) is 0 Å². The van der Waals surface area contributed by atoms with Crippen LogP contribution >= 0.6 is 12.2 Å². The monoisotopic (exact) mass is 340 g/mol. The highest BCUT2D eigenvalue weighted by Crippen LogP contribution is 2.39. The first-order chi connectivity index (χ1) is 11.7. The largest absolute Gasteiger partial charge is 0.494 e. The number of ether oxygens (including phenoxy) is 1. The van der Waals surface area contributed by atoms with Crippen LogP contribution in [0.4, 0.5) is 5.69 Å². The highest BCUT2D eigenvalue weighted by atomic mass is 32.1. The average molecular weight is 340 g/mol. The molecule has 0 heterocycles. The van der Waals surface area contributed by atoms with E-state index in [0.717, 1.165) is 24.3 Å². The molecular weight excluding hydrogens is 316 g/mol. The van der Waals surface area contributed by atoms with Gasteiger partial charge >= 0.3 is 0 Å². The maximum atomic E-state index is 5.56. The third kappa shape index (κ3) is 3.88. The summed E-state index contributed by atoms with van der Waals surface area (Å²) in [5.41, 5.74) is 2.21. The Bertz CT molecular complexity index is 664. The summed E-state index contributed by atoms with van der Waals surface area (Å²) in [5.74, 6) is 0.916. The zero-order valence-corrected chi connectivity index (χ0v) is 14.9. The van der Waals surface area contributed by atoms with Crippen LogP contribution in [0.2, 0.25) is 0 Å². The Balaban J connectivity index is 1.74. The minimum absolute atomic E-state index is 0.0798. The predicted octanol–water partition coefficient (Wildman–Crippen LogP) is 4.84. The molecule has 0 bridgehead atoms. The van der Waals surface area contributed by atoms with Gasteiger partial charge in [0.2, 0.25) is 0 Å². The molecule has 0 aliphatic heterocycles. The van der Waals surface area contributed by atoms with E-state index in [2.05, 4.69) is 22.8 Å². The van der Waals surface area contributed by atoms with Crippen molar-refractivity contribution >= 4 is 23.0 Å². The van der Waals surface area contributed by atoms with Gasteiger partial charge in [-0.1, -0.05) is 43.2 Å². The maximum Gasteiger partial charge on any atom is 0.171 e. The summed E-state index contributed by atoms with van der Waals surface area (Å²) in [6.07, 6.45) is 4.62. The molecule has 2 aromatic carbocycles. The Kier molecular flexibility index (Phi) is 5.36. The fourth-order valence-corrected chi connectivity index (χ4v) is 3.72. The number of nitrogens with one attached hydrogen (secondary N) is 2. The van der Waals surface area contributed by atoms with Crippen LogP contribution in [-0.4, -0.2) is 11.7 Å². The number of rotatable bonds is 5. The first kappa shape index (κ1) is 16.8. The van der Waals surface area contributed by atoms with Crippen molar-refractivity contribution in [3.63, 3.8) is 0 Å². The number of benzene rings is 2. The van der Waals surface area contributed by atoms with Crippen LogP contribution in [0, 0.1) is 0 Å². The van der Waals surface area contributed by atoms with Crippen LogP contribution in [0.3, 0.4) is 0 Å². The fraction of sp³-hybridized carbons (Fsp3) is 0.350. The summed E-state index contributed by atoms with van der Waals surface area (Å²) in [7, 11) is 0. The summed E-state index contributed by atoms with van der Waals surface area (Å²) in [4.78, 5) is 0. The van der Waals surface area contributed by atoms with Gasteiger partial charge in [0, 0.05) is 5.69 Å². The number of para-hydroxylation sites is 1. The average Bonchev–Trinajstić information content (AvgIpc) is 3.06. The standard InChI is InChI=1S/C20H24N2OS/c1-2-23-18-12-10-16(11-13-18)20(14-6-7-15-20)22-19(24)21-17-8-4-3-5-9-17/h3-5,8-13H,2,6-7,14-15H2,1H3,(H2,21,22,24). The van der Waals surface area contributed by atoms with E-state index in [1.165, 1.54) is 18.4 Å². The Hall–Kier alpha value is -2.07. The second kappa shape index (κ2) is 7.67. The topological polar surface area (TPSA) is 33.3 Å². The smallest absolute Gasteiger partial charge is 0.171 e. The maximum absolute atomic E-state index is 5.56. The van der Waals surface area contributed by atoms with Gasteiger partial charge in [0.05, 0.1) is 12.1 Å². The van der Waals surface area contributed by atoms with Gasteiger partial charge in [-0.3, -0.25) is 0 Å². The van der Waals surface area contributed by atoms with E-state index in [1.54, 1.807) is 0 Å². The number of thiocarbonyl (C=S) groups is 1. The van der Waals surface area contributed by atoms with Crippen molar-refractivity contribution in [2.75, 3.05) is 11.9 Å². The lowest BCUT2D eigenvalue weighted by Crippen LogP contribution is -2.45. The van der Waals surface area contributed by atoms with Crippen LogP contribution in [0.5, 0.6) is 5.75 Å². The molecule has 0 amide bonds. The summed E-state index contributed by atoms with van der Waals surface area (Å²) in [6, 6.07) is 18.5. The molecule has 1 fully saturated rings. The molecule has 3 nitrogen and oxygen atoms in total. The third-order valence-electron chi connectivity index (χ3n) is 4.56. The zero-order chi connectivity index (χ0) is 16.8. The van der Waals surface area contributed by atoms with Crippen molar-refractivity contribution in [3.8, 4) is 5.75 Å². The molecule has 0 radical (unpaired) electrons. The van der Waals surface area contributed by atoms with Crippen molar-refractivity contribution < 1.29 is 4.74 Å². The van der Waals surface area contributed by atoms with Gasteiger partial charge in [-0.2, -0.15) is 0 Å². The van der Waals surface area contributed by atoms with Gasteiger partial charge in [0.25, 0.3) is 0 Å². The second-order valence-electron chi connectivity index (χ2n) is 6.19. The van der Waals surface area contributed by atoms with Crippen molar-refractivity contribution in [1.82, 2.24) is 5.32 Å². The Morgan fingerprint density at radius 2 is 1.71 bits per heavy atom. The lowest BCUT2D eigenvalue weighted by atomic mass is 9.88. The molecule has 0 atom stereocenters. The normalized spacial score (nSPS) is 15.7. The van der Waals surface area contributed by atoms with Gasteiger partial charge < -0.3 is 15.4 Å². The lowest BCUT2D eigenvalue weighted by molar-refractivity contribution is 0.339. The molecule has 0 aromatic heterocycles. The minimum Gasteiger partial charge on any atom is -0.494 e. The van der Waals surface area contributed by atoms with Crippen molar-refractivity contribution in [2.45, 2.75) is 38.1 Å². The SMILES string of the molecule is CCOc1ccc(C2(NC(=S)Nc3ccccc3)CCCC2)cc1. The highest BCUT2D eigenvalue weighted by Gasteiger charge is 2.36. The van der Waals surface area contributed by atoms with Crippen molar-refractivity contribution in [3.05, 3.63) is 60.2 Å². The van der Waals surface area contributed by atoms with Crippen molar-refractivity contribution in [1.29, 1.82) is 0 Å². The minimum atomic E-state index is -0.0798. The fourth-order valence-electron chi connectivity index (χ4n) is 3.40. The number of hydrogen-bond acceptors (Lipinski definition) is 2. The van der Waals surface area contributed by atoms with E-state index in [-0.39, 0.29) is 5.54 Å². The molecule has 3 rings (SSSR count). The molecule has 2 aromatic rings. The van der Waals surface area contributed by atoms with Gasteiger partial charge in [-0.15, -0.1) is 0 Å². The van der Waals surface area contributed by atoms with E-state index >= 15 is 0 Å². The molecule has 4 heteroatoms. The summed E-state index contributed by atoms with van der Waals surface area (Å²) in [6.45, 7) is 2.69. The molecule has 2 N–H and O–H groups in total. The highest BCUT2D eigenvalue weighted by molar-refractivity contribution is 7.80. The molecule has 24 heavy (non-hydrogen) atoms. The second-order valence-corrected chi connectivity index (χ2v) is 6.60. The molecule has 0 unspecified atom stereocenters. The summed E-state index contributed by atoms with van der Waals surface area (Å²) < 4.78 is 5.56. The molecule has 126 valence electrons. The lowest BCUT2D eigenvalue weighted by Gasteiger charge is -2.32. The van der Waals surface area contributed by atoms with Gasteiger partial charge in [-0.05, 0) is 61.8 Å². The number of anilines is 1. The molecule has 0 spiro atoms. The van der Waals surface area contributed by atoms with Gasteiger partial charge in [0.15, 0.2) is 5.11 Å². The zero-order valence-electron chi connectivity index (χ0n) is 14.0. The van der Waals surface area contributed by atoms with Crippen LogP contribution in [0.1, 0.15) is 38.2 Å². The molecular formula is C20H24N2OS. The quantitative estimate of drug-likeness (QED) is 0.763. The van der Waals surface area contributed by atoms with Gasteiger partial charge in [0.1, 0.15) is 5.75 Å². The van der Waals surface area contributed by atoms with E-state index in [1.807, 2.05) is 49.4 Å². The van der Waals surface area contributed by atoms with E-state index in [0.29, 0.717) is 11.7 Å². The van der Waals surface area contributed by atoms with Crippen molar-refractivity contribution in [2.24, 2.45) is 0 Å². The van der Waals surface area contributed by atoms with Gasteiger partial charge in [-0.25, -0.2) is 0 Å². The third-order valence-corrected chi connectivity index (χ3v) is 4.76. The first-order valence-corrected chi connectivity index (χ1v) is 9.00. The number of hydrogen-bond donors (Lipinski definition) is 2. The first-order valence-electron chi connectivity index (χ1n) is 8.59. The van der Waals surface area contributed by atoms with E-state index in [4.69, 9.17) is 17.0 Å². The van der Waals surface area contributed by atoms with Crippen LogP contribution in [0.25, 0.3) is 0 Å². The molecule has 1 aliphatic rings. The Labute approximate surface area is 149 Å². The summed E-state index contributed by atoms with van der Waals surface area (Å²) >= 11 is 5.56. The van der Waals surface area contributed by atoms with Crippen LogP contribution < -0.4 is 15.4 Å². The van der Waals surface area contributed by atoms with E-state index < -0.39 is 0 Å². The molecule has 1 aliphatic carbocycles.